The van der Waals surface area contributed by atoms with E-state index >= 15 is 0 Å². The van der Waals surface area contributed by atoms with Crippen LogP contribution in [0.2, 0.25) is 0 Å². The Morgan fingerprint density at radius 2 is 1.85 bits per heavy atom. The van der Waals surface area contributed by atoms with Crippen molar-refractivity contribution in [3.8, 4) is 11.5 Å². The molecule has 7 nitrogen and oxygen atoms in total. The van der Waals surface area contributed by atoms with E-state index in [1.165, 1.54) is 16.9 Å². The van der Waals surface area contributed by atoms with Gasteiger partial charge in [0.2, 0.25) is 22.8 Å². The van der Waals surface area contributed by atoms with Crippen molar-refractivity contribution in [1.29, 1.82) is 0 Å². The second-order valence-electron chi connectivity index (χ2n) is 6.37. The molecule has 3 aromatic rings. The number of carbonyl (C=O) groups excluding carboxylic acids is 1. The summed E-state index contributed by atoms with van der Waals surface area (Å²) in [5.41, 5.74) is 2.03. The molecule has 1 amide bonds. The predicted octanol–water partition coefficient (Wildman–Crippen LogP) is 4.37. The SMILES string of the molecule is CCC(CC)c1nnc(NC(=O)CCc2nnc(-c3ccc(C)cc3)o2)s1. The molecule has 1 aromatic carbocycles. The van der Waals surface area contributed by atoms with Crippen LogP contribution in [0.3, 0.4) is 0 Å². The van der Waals surface area contributed by atoms with Crippen molar-refractivity contribution >= 4 is 22.4 Å². The minimum Gasteiger partial charge on any atom is -0.421 e. The van der Waals surface area contributed by atoms with E-state index in [4.69, 9.17) is 4.42 Å². The third-order valence-electron chi connectivity index (χ3n) is 4.35. The molecule has 3 rings (SSSR count). The molecule has 0 fully saturated rings. The highest BCUT2D eigenvalue weighted by atomic mass is 32.1. The summed E-state index contributed by atoms with van der Waals surface area (Å²) in [5, 5.41) is 20.6. The van der Waals surface area contributed by atoms with Crippen LogP contribution in [0.4, 0.5) is 5.13 Å². The topological polar surface area (TPSA) is 93.8 Å². The fourth-order valence-corrected chi connectivity index (χ4v) is 3.68. The van der Waals surface area contributed by atoms with E-state index in [0.29, 0.717) is 29.3 Å². The minimum absolute atomic E-state index is 0.141. The van der Waals surface area contributed by atoms with Gasteiger partial charge in [0, 0.05) is 24.3 Å². The molecule has 2 aromatic heterocycles. The summed E-state index contributed by atoms with van der Waals surface area (Å²) in [5.74, 6) is 1.16. The second kappa shape index (κ2) is 8.85. The summed E-state index contributed by atoms with van der Waals surface area (Å²) in [6, 6.07) is 7.85. The molecule has 0 saturated heterocycles. The van der Waals surface area contributed by atoms with Crippen molar-refractivity contribution in [3.63, 3.8) is 0 Å². The van der Waals surface area contributed by atoms with Crippen LogP contribution in [0, 0.1) is 6.92 Å². The smallest absolute Gasteiger partial charge is 0.247 e. The summed E-state index contributed by atoms with van der Waals surface area (Å²) in [6.45, 7) is 6.28. The molecule has 0 atom stereocenters. The third-order valence-corrected chi connectivity index (χ3v) is 5.35. The van der Waals surface area contributed by atoms with E-state index in [9.17, 15) is 4.79 Å². The van der Waals surface area contributed by atoms with Crippen LogP contribution in [-0.4, -0.2) is 26.3 Å². The van der Waals surface area contributed by atoms with Crippen LogP contribution in [0.15, 0.2) is 28.7 Å². The molecule has 0 radical (unpaired) electrons. The first-order chi connectivity index (χ1) is 13.1. The Hall–Kier alpha value is -2.61. The standard InChI is InChI=1S/C19H23N5O2S/c1-4-13(5-2)18-23-24-19(27-18)20-15(25)10-11-16-21-22-17(26-16)14-8-6-12(3)7-9-14/h6-9,13H,4-5,10-11H2,1-3H3,(H,20,24,25). The van der Waals surface area contributed by atoms with Crippen molar-refractivity contribution in [3.05, 3.63) is 40.7 Å². The number of anilines is 1. The zero-order valence-electron chi connectivity index (χ0n) is 15.7. The molecule has 2 heterocycles. The predicted molar refractivity (Wildman–Crippen MR) is 105 cm³/mol. The third kappa shape index (κ3) is 4.97. The molecule has 27 heavy (non-hydrogen) atoms. The van der Waals surface area contributed by atoms with Gasteiger partial charge >= 0.3 is 0 Å². The van der Waals surface area contributed by atoms with Gasteiger partial charge in [-0.25, -0.2) is 0 Å². The van der Waals surface area contributed by atoms with Gasteiger partial charge < -0.3 is 9.73 Å². The summed E-state index contributed by atoms with van der Waals surface area (Å²) in [6.07, 6.45) is 2.65. The molecule has 142 valence electrons. The van der Waals surface area contributed by atoms with Crippen LogP contribution in [0.25, 0.3) is 11.5 Å². The molecule has 0 unspecified atom stereocenters. The normalized spacial score (nSPS) is 11.1. The van der Waals surface area contributed by atoms with Crippen molar-refractivity contribution in [2.45, 2.75) is 52.4 Å². The molecule has 0 aliphatic heterocycles. The first-order valence-electron chi connectivity index (χ1n) is 9.11. The number of amides is 1. The highest BCUT2D eigenvalue weighted by molar-refractivity contribution is 7.15. The van der Waals surface area contributed by atoms with Gasteiger partial charge in [0.05, 0.1) is 0 Å². The number of nitrogens with one attached hydrogen (secondary N) is 1. The van der Waals surface area contributed by atoms with Gasteiger partial charge in [-0.3, -0.25) is 4.79 Å². The number of benzene rings is 1. The van der Waals surface area contributed by atoms with Crippen LogP contribution in [-0.2, 0) is 11.2 Å². The number of hydrogen-bond acceptors (Lipinski definition) is 7. The van der Waals surface area contributed by atoms with E-state index in [-0.39, 0.29) is 12.3 Å². The average molecular weight is 385 g/mol. The molecular weight excluding hydrogens is 362 g/mol. The maximum absolute atomic E-state index is 12.2. The number of nitrogens with zero attached hydrogens (tertiary/aromatic N) is 4. The highest BCUT2D eigenvalue weighted by Gasteiger charge is 2.15. The minimum atomic E-state index is -0.141. The lowest BCUT2D eigenvalue weighted by atomic mass is 10.1. The lowest BCUT2D eigenvalue weighted by Gasteiger charge is -2.05. The van der Waals surface area contributed by atoms with Crippen molar-refractivity contribution in [2.24, 2.45) is 0 Å². The quantitative estimate of drug-likeness (QED) is 0.619. The van der Waals surface area contributed by atoms with Gasteiger partial charge in [0.15, 0.2) is 0 Å². The molecular formula is C19H23N5O2S. The lowest BCUT2D eigenvalue weighted by molar-refractivity contribution is -0.116. The lowest BCUT2D eigenvalue weighted by Crippen LogP contribution is -2.12. The second-order valence-corrected chi connectivity index (χ2v) is 7.38. The van der Waals surface area contributed by atoms with Gasteiger partial charge in [-0.1, -0.05) is 42.9 Å². The van der Waals surface area contributed by atoms with E-state index in [0.717, 1.165) is 23.4 Å². The van der Waals surface area contributed by atoms with Crippen LogP contribution >= 0.6 is 11.3 Å². The molecule has 8 heteroatoms. The summed E-state index contributed by atoms with van der Waals surface area (Å²) >= 11 is 1.44. The summed E-state index contributed by atoms with van der Waals surface area (Å²) in [7, 11) is 0. The van der Waals surface area contributed by atoms with Gasteiger partial charge in [0.25, 0.3) is 0 Å². The van der Waals surface area contributed by atoms with E-state index in [1.54, 1.807) is 0 Å². The van der Waals surface area contributed by atoms with E-state index < -0.39 is 0 Å². The van der Waals surface area contributed by atoms with Crippen LogP contribution < -0.4 is 5.32 Å². The molecule has 0 saturated carbocycles. The van der Waals surface area contributed by atoms with Crippen molar-refractivity contribution in [2.75, 3.05) is 5.32 Å². The number of aromatic nitrogens is 4. The number of carbonyl (C=O) groups is 1. The number of rotatable bonds is 8. The van der Waals surface area contributed by atoms with Crippen molar-refractivity contribution < 1.29 is 9.21 Å². The largest absolute Gasteiger partial charge is 0.421 e. The van der Waals surface area contributed by atoms with Gasteiger partial charge in [-0.2, -0.15) is 0 Å². The number of aryl methyl sites for hydroxylation is 2. The fourth-order valence-electron chi connectivity index (χ4n) is 2.66. The molecule has 0 spiro atoms. The Morgan fingerprint density at radius 1 is 1.11 bits per heavy atom. The fraction of sp³-hybridized carbons (Fsp3) is 0.421. The molecule has 0 aliphatic carbocycles. The Bertz CT molecular complexity index is 884. The summed E-state index contributed by atoms with van der Waals surface area (Å²) in [4.78, 5) is 12.2. The zero-order valence-corrected chi connectivity index (χ0v) is 16.5. The Balaban J connectivity index is 1.53. The molecule has 0 aliphatic rings. The average Bonchev–Trinajstić information content (AvgIpc) is 3.32. The molecule has 0 bridgehead atoms. The van der Waals surface area contributed by atoms with Gasteiger partial charge in [-0.15, -0.1) is 20.4 Å². The number of hydrogen-bond donors (Lipinski definition) is 1. The highest BCUT2D eigenvalue weighted by Crippen LogP contribution is 2.28. The van der Waals surface area contributed by atoms with E-state index in [2.05, 4.69) is 39.6 Å². The van der Waals surface area contributed by atoms with Crippen molar-refractivity contribution in [1.82, 2.24) is 20.4 Å². The van der Waals surface area contributed by atoms with Gasteiger partial charge in [0.1, 0.15) is 5.01 Å². The van der Waals surface area contributed by atoms with Crippen LogP contribution in [0.5, 0.6) is 0 Å². The zero-order chi connectivity index (χ0) is 19.2. The molecule has 1 N–H and O–H groups in total. The summed E-state index contributed by atoms with van der Waals surface area (Å²) < 4.78 is 5.65. The van der Waals surface area contributed by atoms with E-state index in [1.807, 2.05) is 31.2 Å². The Labute approximate surface area is 162 Å². The Kier molecular flexibility index (Phi) is 6.28. The first kappa shape index (κ1) is 19.2. The Morgan fingerprint density at radius 3 is 2.56 bits per heavy atom. The van der Waals surface area contributed by atoms with Crippen LogP contribution in [0.1, 0.15) is 55.5 Å². The maximum atomic E-state index is 12.2. The first-order valence-corrected chi connectivity index (χ1v) is 9.93. The maximum Gasteiger partial charge on any atom is 0.247 e. The van der Waals surface area contributed by atoms with Gasteiger partial charge in [-0.05, 0) is 31.9 Å². The monoisotopic (exact) mass is 385 g/mol.